The highest BCUT2D eigenvalue weighted by Gasteiger charge is 2.46. The van der Waals surface area contributed by atoms with Crippen LogP contribution in [0, 0.1) is 0 Å². The second kappa shape index (κ2) is 5.96. The Bertz CT molecular complexity index is 251. The summed E-state index contributed by atoms with van der Waals surface area (Å²) in [6.07, 6.45) is 3.01. The Morgan fingerprint density at radius 1 is 1.07 bits per heavy atom. The van der Waals surface area contributed by atoms with Crippen LogP contribution in [0.2, 0.25) is 0 Å². The van der Waals surface area contributed by atoms with Crippen molar-refractivity contribution in [3.63, 3.8) is 0 Å². The number of rotatable bonds is 7. The van der Waals surface area contributed by atoms with E-state index in [0.29, 0.717) is 19.8 Å². The third-order valence-electron chi connectivity index (χ3n) is 1.68. The molecule has 6 nitrogen and oxygen atoms in total. The summed E-state index contributed by atoms with van der Waals surface area (Å²) >= 11 is 0. The molecular formula is C8H17N3O3Si. The van der Waals surface area contributed by atoms with E-state index in [1.165, 1.54) is 6.33 Å². The van der Waals surface area contributed by atoms with E-state index in [9.17, 15) is 0 Å². The summed E-state index contributed by atoms with van der Waals surface area (Å²) in [5.74, 6) is 0. The van der Waals surface area contributed by atoms with Gasteiger partial charge in [-0.05, 0) is 20.8 Å². The van der Waals surface area contributed by atoms with E-state index in [0.717, 1.165) is 0 Å². The first-order valence-electron chi connectivity index (χ1n) is 5.06. The number of hydrogen-bond donors (Lipinski definition) is 0. The zero-order valence-electron chi connectivity index (χ0n) is 9.34. The first-order valence-corrected chi connectivity index (χ1v) is 6.73. The first-order chi connectivity index (χ1) is 7.29. The van der Waals surface area contributed by atoms with Crippen LogP contribution in [0.25, 0.3) is 0 Å². The van der Waals surface area contributed by atoms with E-state index in [1.54, 1.807) is 10.7 Å². The molecule has 86 valence electrons. The van der Waals surface area contributed by atoms with Gasteiger partial charge in [0, 0.05) is 19.8 Å². The van der Waals surface area contributed by atoms with Crippen LogP contribution in [0.3, 0.4) is 0 Å². The Balaban J connectivity index is 2.90. The molecule has 0 amide bonds. The van der Waals surface area contributed by atoms with Crippen molar-refractivity contribution in [3.8, 4) is 0 Å². The number of nitrogens with zero attached hydrogens (tertiary/aromatic N) is 3. The van der Waals surface area contributed by atoms with E-state index < -0.39 is 8.97 Å². The molecule has 0 aliphatic heterocycles. The highest BCUT2D eigenvalue weighted by atomic mass is 28.4. The van der Waals surface area contributed by atoms with E-state index in [1.807, 2.05) is 20.8 Å². The Labute approximate surface area is 90.6 Å². The molecule has 0 fully saturated rings. The van der Waals surface area contributed by atoms with Crippen LogP contribution in [0.5, 0.6) is 0 Å². The first kappa shape index (κ1) is 12.3. The van der Waals surface area contributed by atoms with Crippen molar-refractivity contribution in [2.45, 2.75) is 20.8 Å². The van der Waals surface area contributed by atoms with Gasteiger partial charge in [-0.15, -0.1) is 0 Å². The third-order valence-corrected chi connectivity index (χ3v) is 4.43. The lowest BCUT2D eigenvalue weighted by Gasteiger charge is -2.26. The lowest BCUT2D eigenvalue weighted by Crippen LogP contribution is -2.53. The van der Waals surface area contributed by atoms with E-state index in [2.05, 4.69) is 10.1 Å². The average molecular weight is 231 g/mol. The lowest BCUT2D eigenvalue weighted by molar-refractivity contribution is 0.0577. The molecule has 15 heavy (non-hydrogen) atoms. The lowest BCUT2D eigenvalue weighted by atomic mass is 10.9. The minimum absolute atomic E-state index is 0.520. The molecule has 0 radical (unpaired) electrons. The van der Waals surface area contributed by atoms with Crippen molar-refractivity contribution >= 4 is 8.97 Å². The molecule has 0 bridgehead atoms. The van der Waals surface area contributed by atoms with E-state index in [-0.39, 0.29) is 0 Å². The molecule has 0 N–H and O–H groups in total. The molecule has 0 aliphatic rings. The topological polar surface area (TPSA) is 58.4 Å². The summed E-state index contributed by atoms with van der Waals surface area (Å²) in [4.78, 5) is 3.88. The van der Waals surface area contributed by atoms with Crippen molar-refractivity contribution in [2.75, 3.05) is 19.8 Å². The molecule has 0 saturated heterocycles. The van der Waals surface area contributed by atoms with Gasteiger partial charge in [-0.3, -0.25) is 0 Å². The molecule has 0 spiro atoms. The monoisotopic (exact) mass is 231 g/mol. The smallest absolute Gasteiger partial charge is 0.356 e. The molecule has 0 aromatic carbocycles. The van der Waals surface area contributed by atoms with Crippen molar-refractivity contribution in [2.24, 2.45) is 0 Å². The Hall–Kier alpha value is -0.763. The van der Waals surface area contributed by atoms with Crippen LogP contribution in [0.15, 0.2) is 12.7 Å². The fourth-order valence-electron chi connectivity index (χ4n) is 1.22. The van der Waals surface area contributed by atoms with Gasteiger partial charge >= 0.3 is 8.97 Å². The second-order valence-electron chi connectivity index (χ2n) is 2.66. The molecule has 0 atom stereocenters. The fourth-order valence-corrected chi connectivity index (χ4v) is 3.36. The molecule has 1 heterocycles. The normalized spacial score (nSPS) is 11.9. The van der Waals surface area contributed by atoms with Crippen molar-refractivity contribution in [3.05, 3.63) is 12.7 Å². The van der Waals surface area contributed by atoms with E-state index in [4.69, 9.17) is 13.3 Å². The van der Waals surface area contributed by atoms with Gasteiger partial charge in [0.15, 0.2) is 0 Å². The highest BCUT2D eigenvalue weighted by molar-refractivity contribution is 6.58. The number of aromatic nitrogens is 3. The van der Waals surface area contributed by atoms with Gasteiger partial charge < -0.3 is 13.3 Å². The maximum Gasteiger partial charge on any atom is 0.656 e. The van der Waals surface area contributed by atoms with Crippen molar-refractivity contribution < 1.29 is 13.3 Å². The minimum Gasteiger partial charge on any atom is -0.356 e. The SMILES string of the molecule is CCO[Si](OCC)(OCC)n1cncn1. The second-order valence-corrected chi connectivity index (χ2v) is 5.03. The molecular weight excluding hydrogens is 214 g/mol. The number of hydrogen-bond acceptors (Lipinski definition) is 5. The van der Waals surface area contributed by atoms with Gasteiger partial charge in [0.25, 0.3) is 0 Å². The average Bonchev–Trinajstić information content (AvgIpc) is 2.72. The van der Waals surface area contributed by atoms with Crippen molar-refractivity contribution in [1.29, 1.82) is 0 Å². The Morgan fingerprint density at radius 2 is 1.60 bits per heavy atom. The van der Waals surface area contributed by atoms with Gasteiger partial charge in [0.2, 0.25) is 0 Å². The molecule has 0 unspecified atom stereocenters. The third kappa shape index (κ3) is 2.85. The van der Waals surface area contributed by atoms with E-state index >= 15 is 0 Å². The zero-order valence-corrected chi connectivity index (χ0v) is 10.3. The summed E-state index contributed by atoms with van der Waals surface area (Å²) in [6.45, 7) is 7.26. The fraction of sp³-hybridized carbons (Fsp3) is 0.750. The van der Waals surface area contributed by atoms with Crippen LogP contribution in [0.4, 0.5) is 0 Å². The van der Waals surface area contributed by atoms with Gasteiger partial charge in [0.05, 0.1) is 0 Å². The molecule has 1 rings (SSSR count). The van der Waals surface area contributed by atoms with Crippen LogP contribution in [0.1, 0.15) is 20.8 Å². The van der Waals surface area contributed by atoms with Gasteiger partial charge in [-0.1, -0.05) is 0 Å². The van der Waals surface area contributed by atoms with Gasteiger partial charge in [-0.25, -0.2) is 9.33 Å². The maximum atomic E-state index is 5.61. The van der Waals surface area contributed by atoms with Crippen LogP contribution in [-0.2, 0) is 13.3 Å². The molecule has 0 saturated carbocycles. The molecule has 0 aliphatic carbocycles. The summed E-state index contributed by atoms with van der Waals surface area (Å²) in [5.41, 5.74) is 0. The largest absolute Gasteiger partial charge is 0.656 e. The minimum atomic E-state index is -2.88. The molecule has 1 aromatic heterocycles. The van der Waals surface area contributed by atoms with Gasteiger partial charge in [0.1, 0.15) is 12.7 Å². The quantitative estimate of drug-likeness (QED) is 0.646. The summed E-state index contributed by atoms with van der Waals surface area (Å²) in [5, 5.41) is 4.04. The van der Waals surface area contributed by atoms with Crippen LogP contribution >= 0.6 is 0 Å². The van der Waals surface area contributed by atoms with Crippen LogP contribution < -0.4 is 0 Å². The predicted octanol–water partition coefficient (Wildman–Crippen LogP) is 0.671. The summed E-state index contributed by atoms with van der Waals surface area (Å²) < 4.78 is 18.4. The maximum absolute atomic E-state index is 5.61. The molecule has 7 heteroatoms. The molecule has 1 aromatic rings. The summed E-state index contributed by atoms with van der Waals surface area (Å²) in [7, 11) is -2.88. The van der Waals surface area contributed by atoms with Gasteiger partial charge in [-0.2, -0.15) is 5.10 Å². The van der Waals surface area contributed by atoms with Crippen LogP contribution in [-0.4, -0.2) is 43.2 Å². The highest BCUT2D eigenvalue weighted by Crippen LogP contribution is 2.11. The van der Waals surface area contributed by atoms with Crippen molar-refractivity contribution in [1.82, 2.24) is 14.4 Å². The zero-order chi connectivity index (χ0) is 11.1. The standard InChI is InChI=1S/C8H17N3O3Si/c1-4-12-15(13-5-2,14-6-3)11-8-9-7-10-11/h7-8H,4-6H2,1-3H3. The Kier molecular flexibility index (Phi) is 4.89. The predicted molar refractivity (Wildman–Crippen MR) is 56.1 cm³/mol. The Morgan fingerprint density at radius 3 is 1.93 bits per heavy atom. The summed E-state index contributed by atoms with van der Waals surface area (Å²) in [6, 6.07) is 0.